The average Bonchev–Trinajstić information content (AvgIpc) is 3.29. The van der Waals surface area contributed by atoms with Crippen LogP contribution in [-0.4, -0.2) is 31.0 Å². The molecule has 1 atom stereocenters. The van der Waals surface area contributed by atoms with Crippen LogP contribution in [0.25, 0.3) is 22.3 Å². The Kier molecular flexibility index (Phi) is 3.21. The van der Waals surface area contributed by atoms with Crippen LogP contribution in [0.3, 0.4) is 0 Å². The molecule has 0 spiro atoms. The highest BCUT2D eigenvalue weighted by molar-refractivity contribution is 5.90. The van der Waals surface area contributed by atoms with Crippen LogP contribution in [0, 0.1) is 5.92 Å². The van der Waals surface area contributed by atoms with E-state index in [-0.39, 0.29) is 6.04 Å². The number of nitrogens with zero attached hydrogens (tertiary/aromatic N) is 4. The van der Waals surface area contributed by atoms with Gasteiger partial charge in [-0.3, -0.25) is 4.68 Å². The van der Waals surface area contributed by atoms with Crippen LogP contribution in [0.1, 0.15) is 31.7 Å². The lowest BCUT2D eigenvalue weighted by atomic mass is 10.00. The lowest BCUT2D eigenvalue weighted by Gasteiger charge is -2.17. The van der Waals surface area contributed by atoms with E-state index in [1.165, 1.54) is 12.8 Å². The zero-order chi connectivity index (χ0) is 14.9. The maximum Gasteiger partial charge on any atom is 0.144 e. The van der Waals surface area contributed by atoms with Crippen molar-refractivity contribution in [3.05, 3.63) is 31.0 Å². The van der Waals surface area contributed by atoms with Crippen LogP contribution in [0.2, 0.25) is 0 Å². The molecule has 1 aliphatic rings. The zero-order valence-corrected chi connectivity index (χ0v) is 12.1. The van der Waals surface area contributed by atoms with Gasteiger partial charge in [-0.1, -0.05) is 12.8 Å². The van der Waals surface area contributed by atoms with Gasteiger partial charge in [-0.05, 0) is 24.8 Å². The number of fused-ring (bicyclic) bond motifs is 1. The van der Waals surface area contributed by atoms with Crippen molar-refractivity contribution in [2.24, 2.45) is 5.92 Å². The SMILES string of the molecule is O=CC(C1CCCC1)n1cc(-c2ncnc3[nH]ccc23)cn1. The van der Waals surface area contributed by atoms with E-state index >= 15 is 0 Å². The van der Waals surface area contributed by atoms with Gasteiger partial charge in [0.05, 0.1) is 11.9 Å². The minimum absolute atomic E-state index is 0.167. The number of aldehydes is 1. The molecule has 22 heavy (non-hydrogen) atoms. The molecular formula is C16H17N5O. The van der Waals surface area contributed by atoms with E-state index in [2.05, 4.69) is 20.1 Å². The summed E-state index contributed by atoms with van der Waals surface area (Å²) >= 11 is 0. The number of nitrogens with one attached hydrogen (secondary N) is 1. The highest BCUT2D eigenvalue weighted by atomic mass is 16.1. The van der Waals surface area contributed by atoms with Gasteiger partial charge in [-0.2, -0.15) is 5.10 Å². The fourth-order valence-corrected chi connectivity index (χ4v) is 3.41. The maximum atomic E-state index is 11.5. The Morgan fingerprint density at radius 1 is 1.32 bits per heavy atom. The summed E-state index contributed by atoms with van der Waals surface area (Å²) in [6, 6.07) is 1.79. The van der Waals surface area contributed by atoms with E-state index in [1.807, 2.05) is 18.5 Å². The molecule has 1 N–H and O–H groups in total. The lowest BCUT2D eigenvalue weighted by Crippen LogP contribution is -2.19. The molecule has 3 aromatic rings. The molecule has 1 fully saturated rings. The number of rotatable bonds is 4. The van der Waals surface area contributed by atoms with E-state index in [1.54, 1.807) is 17.2 Å². The van der Waals surface area contributed by atoms with Crippen molar-refractivity contribution in [3.8, 4) is 11.3 Å². The first-order chi connectivity index (χ1) is 10.9. The minimum atomic E-state index is -0.167. The van der Waals surface area contributed by atoms with Crippen molar-refractivity contribution in [1.29, 1.82) is 0 Å². The lowest BCUT2D eigenvalue weighted by molar-refractivity contribution is -0.112. The van der Waals surface area contributed by atoms with Gasteiger partial charge in [0.15, 0.2) is 0 Å². The van der Waals surface area contributed by atoms with Crippen LogP contribution in [-0.2, 0) is 4.79 Å². The van der Waals surface area contributed by atoms with Crippen LogP contribution in [0.15, 0.2) is 31.0 Å². The Morgan fingerprint density at radius 3 is 3.00 bits per heavy atom. The van der Waals surface area contributed by atoms with Gasteiger partial charge in [-0.15, -0.1) is 0 Å². The van der Waals surface area contributed by atoms with Crippen LogP contribution < -0.4 is 0 Å². The van der Waals surface area contributed by atoms with E-state index < -0.39 is 0 Å². The molecule has 1 aliphatic carbocycles. The summed E-state index contributed by atoms with van der Waals surface area (Å²) < 4.78 is 1.79. The predicted octanol–water partition coefficient (Wildman–Crippen LogP) is 2.75. The summed E-state index contributed by atoms with van der Waals surface area (Å²) in [7, 11) is 0. The fourth-order valence-electron chi connectivity index (χ4n) is 3.41. The number of aromatic amines is 1. The molecule has 0 radical (unpaired) electrons. The third-order valence-electron chi connectivity index (χ3n) is 4.56. The highest BCUT2D eigenvalue weighted by Crippen LogP contribution is 2.34. The quantitative estimate of drug-likeness (QED) is 0.751. The van der Waals surface area contributed by atoms with E-state index in [0.29, 0.717) is 5.92 Å². The Bertz CT molecular complexity index is 800. The van der Waals surface area contributed by atoms with Crippen molar-refractivity contribution >= 4 is 17.3 Å². The molecule has 112 valence electrons. The van der Waals surface area contributed by atoms with Crippen molar-refractivity contribution in [2.75, 3.05) is 0 Å². The molecule has 4 rings (SSSR count). The van der Waals surface area contributed by atoms with Gasteiger partial charge >= 0.3 is 0 Å². The molecule has 0 aromatic carbocycles. The number of carbonyl (C=O) groups excluding carboxylic acids is 1. The molecular weight excluding hydrogens is 278 g/mol. The summed E-state index contributed by atoms with van der Waals surface area (Å²) in [6.45, 7) is 0. The molecule has 1 unspecified atom stereocenters. The number of aromatic nitrogens is 5. The topological polar surface area (TPSA) is 76.5 Å². The van der Waals surface area contributed by atoms with Gasteiger partial charge < -0.3 is 9.78 Å². The van der Waals surface area contributed by atoms with Gasteiger partial charge in [-0.25, -0.2) is 9.97 Å². The zero-order valence-electron chi connectivity index (χ0n) is 12.1. The van der Waals surface area contributed by atoms with Crippen molar-refractivity contribution in [2.45, 2.75) is 31.7 Å². The molecule has 3 heterocycles. The molecule has 0 aliphatic heterocycles. The Morgan fingerprint density at radius 2 is 2.18 bits per heavy atom. The third kappa shape index (κ3) is 2.11. The van der Waals surface area contributed by atoms with Gasteiger partial charge in [0.1, 0.15) is 24.3 Å². The maximum absolute atomic E-state index is 11.5. The third-order valence-corrected chi connectivity index (χ3v) is 4.56. The van der Waals surface area contributed by atoms with Crippen molar-refractivity contribution in [3.63, 3.8) is 0 Å². The van der Waals surface area contributed by atoms with Crippen molar-refractivity contribution < 1.29 is 4.79 Å². The Hall–Kier alpha value is -2.50. The molecule has 1 saturated carbocycles. The molecule has 0 amide bonds. The Balaban J connectivity index is 1.71. The number of H-pyrrole nitrogens is 1. The van der Waals surface area contributed by atoms with Crippen LogP contribution >= 0.6 is 0 Å². The number of hydrogen-bond acceptors (Lipinski definition) is 4. The van der Waals surface area contributed by atoms with Gasteiger partial charge in [0, 0.05) is 23.3 Å². The second kappa shape index (κ2) is 5.36. The summed E-state index contributed by atoms with van der Waals surface area (Å²) in [6.07, 6.45) is 12.7. The van der Waals surface area contributed by atoms with E-state index in [0.717, 1.165) is 41.4 Å². The molecule has 0 bridgehead atoms. The molecule has 6 heteroatoms. The number of carbonyl (C=O) groups is 1. The standard InChI is InChI=1S/C16H17N5O/c22-9-14(11-3-1-2-4-11)21-8-12(7-20-21)15-13-5-6-17-16(13)19-10-18-15/h5-11,14H,1-4H2,(H,17,18,19). The molecule has 3 aromatic heterocycles. The average molecular weight is 295 g/mol. The fraction of sp³-hybridized carbons (Fsp3) is 0.375. The Labute approximate surface area is 127 Å². The second-order valence-corrected chi connectivity index (χ2v) is 5.84. The normalized spacial score (nSPS) is 17.1. The van der Waals surface area contributed by atoms with Gasteiger partial charge in [0.25, 0.3) is 0 Å². The summed E-state index contributed by atoms with van der Waals surface area (Å²) in [5.41, 5.74) is 2.56. The molecule has 0 saturated heterocycles. The highest BCUT2D eigenvalue weighted by Gasteiger charge is 2.27. The summed E-state index contributed by atoms with van der Waals surface area (Å²) in [5, 5.41) is 5.38. The minimum Gasteiger partial charge on any atom is -0.346 e. The predicted molar refractivity (Wildman–Crippen MR) is 82.2 cm³/mol. The summed E-state index contributed by atoms with van der Waals surface area (Å²) in [4.78, 5) is 23.2. The van der Waals surface area contributed by atoms with Crippen LogP contribution in [0.5, 0.6) is 0 Å². The second-order valence-electron chi connectivity index (χ2n) is 5.84. The first-order valence-electron chi connectivity index (χ1n) is 7.65. The monoisotopic (exact) mass is 295 g/mol. The largest absolute Gasteiger partial charge is 0.346 e. The van der Waals surface area contributed by atoms with Gasteiger partial charge in [0.2, 0.25) is 0 Å². The van der Waals surface area contributed by atoms with E-state index in [4.69, 9.17) is 0 Å². The summed E-state index contributed by atoms with van der Waals surface area (Å²) in [5.74, 6) is 0.405. The molecule has 6 nitrogen and oxygen atoms in total. The smallest absolute Gasteiger partial charge is 0.144 e. The number of hydrogen-bond donors (Lipinski definition) is 1. The first kappa shape index (κ1) is 13.2. The van der Waals surface area contributed by atoms with Crippen molar-refractivity contribution in [1.82, 2.24) is 24.7 Å². The van der Waals surface area contributed by atoms with Crippen LogP contribution in [0.4, 0.5) is 0 Å². The van der Waals surface area contributed by atoms with E-state index in [9.17, 15) is 4.79 Å². The first-order valence-corrected chi connectivity index (χ1v) is 7.65.